The van der Waals surface area contributed by atoms with Crippen LogP contribution in [0.4, 0.5) is 5.69 Å². The van der Waals surface area contributed by atoms with E-state index in [2.05, 4.69) is 47.2 Å². The second-order valence-corrected chi connectivity index (χ2v) is 8.39. The van der Waals surface area contributed by atoms with E-state index in [1.165, 1.54) is 53.4 Å². The highest BCUT2D eigenvalue weighted by Crippen LogP contribution is 2.54. The molecule has 1 nitrogen and oxygen atoms in total. The third-order valence-corrected chi connectivity index (χ3v) is 6.59. The Labute approximate surface area is 130 Å². The molecule has 0 heterocycles. The Bertz CT molecular complexity index is 485. The molecular weight excluding hydrogens is 310 g/mol. The van der Waals surface area contributed by atoms with Crippen LogP contribution in [-0.2, 0) is 0 Å². The van der Waals surface area contributed by atoms with Gasteiger partial charge in [-0.25, -0.2) is 0 Å². The lowest BCUT2D eigenvalue weighted by molar-refractivity contribution is 0.00750. The van der Waals surface area contributed by atoms with Crippen LogP contribution in [0.3, 0.4) is 0 Å². The van der Waals surface area contributed by atoms with Crippen molar-refractivity contribution in [2.75, 3.05) is 5.32 Å². The monoisotopic (exact) mass is 333 g/mol. The molecule has 4 fully saturated rings. The van der Waals surface area contributed by atoms with E-state index in [9.17, 15) is 0 Å². The molecule has 4 bridgehead atoms. The van der Waals surface area contributed by atoms with Gasteiger partial charge in [0, 0.05) is 10.5 Å². The van der Waals surface area contributed by atoms with Gasteiger partial charge in [-0.2, -0.15) is 0 Å². The van der Waals surface area contributed by atoms with Gasteiger partial charge in [0.1, 0.15) is 0 Å². The van der Waals surface area contributed by atoms with Crippen LogP contribution < -0.4 is 5.32 Å². The molecule has 0 saturated heterocycles. The smallest absolute Gasteiger partial charge is 0.0516 e. The highest BCUT2D eigenvalue weighted by molar-refractivity contribution is 9.10. The quantitative estimate of drug-likeness (QED) is 0.773. The molecule has 1 aromatic rings. The molecule has 0 atom stereocenters. The number of hydrogen-bond acceptors (Lipinski definition) is 1. The normalized spacial score (nSPS) is 38.2. The zero-order chi connectivity index (χ0) is 13.9. The number of hydrogen-bond donors (Lipinski definition) is 1. The maximum absolute atomic E-state index is 3.94. The van der Waals surface area contributed by atoms with Crippen LogP contribution in [0.5, 0.6) is 0 Å². The molecule has 108 valence electrons. The zero-order valence-electron chi connectivity index (χ0n) is 12.5. The first-order chi connectivity index (χ1) is 9.60. The first kappa shape index (κ1) is 13.2. The molecule has 4 saturated carbocycles. The minimum Gasteiger partial charge on any atom is -0.381 e. The lowest BCUT2D eigenvalue weighted by Gasteiger charge is -2.54. The maximum Gasteiger partial charge on any atom is 0.0516 e. The SMILES string of the molecule is Cc1cc(C)c(NC2C3CC4CC(C3)CC2C4)c(Br)c1. The minimum absolute atomic E-state index is 0.723. The summed E-state index contributed by atoms with van der Waals surface area (Å²) in [6.07, 6.45) is 7.45. The Balaban J connectivity index is 1.61. The van der Waals surface area contributed by atoms with Crippen LogP contribution in [0, 0.1) is 37.5 Å². The lowest BCUT2D eigenvalue weighted by Crippen LogP contribution is -2.51. The molecule has 0 amide bonds. The van der Waals surface area contributed by atoms with E-state index in [0.29, 0.717) is 0 Å². The molecular formula is C18H24BrN. The fourth-order valence-electron chi connectivity index (χ4n) is 5.43. The number of rotatable bonds is 2. The third kappa shape index (κ3) is 2.11. The highest BCUT2D eigenvalue weighted by atomic mass is 79.9. The maximum atomic E-state index is 3.94. The van der Waals surface area contributed by atoms with Crippen LogP contribution in [0.1, 0.15) is 43.2 Å². The van der Waals surface area contributed by atoms with Crippen molar-refractivity contribution in [3.63, 3.8) is 0 Å². The van der Waals surface area contributed by atoms with Gasteiger partial charge in [-0.1, -0.05) is 6.07 Å². The Morgan fingerprint density at radius 2 is 1.55 bits per heavy atom. The van der Waals surface area contributed by atoms with Gasteiger partial charge in [0.15, 0.2) is 0 Å². The Kier molecular flexibility index (Phi) is 3.14. The van der Waals surface area contributed by atoms with E-state index < -0.39 is 0 Å². The predicted octanol–water partition coefficient (Wildman–Crippen LogP) is 5.30. The van der Waals surface area contributed by atoms with Gasteiger partial charge in [-0.3, -0.25) is 0 Å². The standard InChI is InChI=1S/C18H24BrN/c1-10-3-11(2)17(16(19)4-10)20-18-14-6-12-5-13(8-14)9-15(18)7-12/h3-4,12-15,18,20H,5-9H2,1-2H3. The summed E-state index contributed by atoms with van der Waals surface area (Å²) >= 11 is 3.76. The Hall–Kier alpha value is -0.500. The van der Waals surface area contributed by atoms with Gasteiger partial charge in [-0.05, 0) is 103 Å². The number of benzene rings is 1. The van der Waals surface area contributed by atoms with E-state index >= 15 is 0 Å². The summed E-state index contributed by atoms with van der Waals surface area (Å²) in [5.74, 6) is 3.97. The van der Waals surface area contributed by atoms with Crippen molar-refractivity contribution in [3.8, 4) is 0 Å². The minimum atomic E-state index is 0.723. The number of anilines is 1. The van der Waals surface area contributed by atoms with E-state index in [1.807, 2.05) is 0 Å². The van der Waals surface area contributed by atoms with Crippen LogP contribution >= 0.6 is 15.9 Å². The second kappa shape index (κ2) is 4.76. The van der Waals surface area contributed by atoms with Crippen molar-refractivity contribution in [1.29, 1.82) is 0 Å². The Morgan fingerprint density at radius 1 is 0.950 bits per heavy atom. The van der Waals surface area contributed by atoms with Gasteiger partial charge in [-0.15, -0.1) is 0 Å². The lowest BCUT2D eigenvalue weighted by atomic mass is 9.54. The van der Waals surface area contributed by atoms with E-state index in [4.69, 9.17) is 0 Å². The number of halogens is 1. The van der Waals surface area contributed by atoms with Crippen molar-refractivity contribution in [2.24, 2.45) is 23.7 Å². The van der Waals surface area contributed by atoms with Crippen LogP contribution in [-0.4, -0.2) is 6.04 Å². The molecule has 2 heteroatoms. The fourth-order valence-corrected chi connectivity index (χ4v) is 6.21. The molecule has 0 aromatic heterocycles. The zero-order valence-corrected chi connectivity index (χ0v) is 14.0. The summed E-state index contributed by atoms with van der Waals surface area (Å²) in [4.78, 5) is 0. The van der Waals surface area contributed by atoms with Gasteiger partial charge in [0.2, 0.25) is 0 Å². The van der Waals surface area contributed by atoms with Gasteiger partial charge >= 0.3 is 0 Å². The second-order valence-electron chi connectivity index (χ2n) is 7.54. The number of nitrogens with one attached hydrogen (secondary N) is 1. The number of aryl methyl sites for hydroxylation is 2. The molecule has 4 aliphatic rings. The van der Waals surface area contributed by atoms with Gasteiger partial charge in [0.05, 0.1) is 5.69 Å². The van der Waals surface area contributed by atoms with Crippen molar-refractivity contribution in [1.82, 2.24) is 0 Å². The van der Waals surface area contributed by atoms with Crippen LogP contribution in [0.2, 0.25) is 0 Å². The highest BCUT2D eigenvalue weighted by Gasteiger charge is 2.48. The van der Waals surface area contributed by atoms with Gasteiger partial charge < -0.3 is 5.32 Å². The molecule has 1 aromatic carbocycles. The molecule has 0 unspecified atom stereocenters. The van der Waals surface area contributed by atoms with E-state index in [-0.39, 0.29) is 0 Å². The Morgan fingerprint density at radius 3 is 2.10 bits per heavy atom. The summed E-state index contributed by atoms with van der Waals surface area (Å²) in [6.45, 7) is 4.40. The van der Waals surface area contributed by atoms with E-state index in [0.717, 1.165) is 29.7 Å². The molecule has 0 radical (unpaired) electrons. The van der Waals surface area contributed by atoms with Crippen molar-refractivity contribution in [2.45, 2.75) is 52.0 Å². The molecule has 0 spiro atoms. The first-order valence-corrected chi connectivity index (χ1v) is 8.92. The average Bonchev–Trinajstić information content (AvgIpc) is 2.35. The molecule has 5 rings (SSSR count). The van der Waals surface area contributed by atoms with Crippen LogP contribution in [0.15, 0.2) is 16.6 Å². The molecule has 0 aliphatic heterocycles. The molecule has 1 N–H and O–H groups in total. The molecule has 20 heavy (non-hydrogen) atoms. The summed E-state index contributed by atoms with van der Waals surface area (Å²) in [6, 6.07) is 5.26. The summed E-state index contributed by atoms with van der Waals surface area (Å²) in [5.41, 5.74) is 4.06. The van der Waals surface area contributed by atoms with Crippen LogP contribution in [0.25, 0.3) is 0 Å². The average molecular weight is 334 g/mol. The van der Waals surface area contributed by atoms with Crippen molar-refractivity contribution in [3.05, 3.63) is 27.7 Å². The third-order valence-electron chi connectivity index (χ3n) is 5.97. The summed E-state index contributed by atoms with van der Waals surface area (Å²) in [5, 5.41) is 3.94. The van der Waals surface area contributed by atoms with Crippen molar-refractivity contribution >= 4 is 21.6 Å². The van der Waals surface area contributed by atoms with Gasteiger partial charge in [0.25, 0.3) is 0 Å². The predicted molar refractivity (Wildman–Crippen MR) is 88.1 cm³/mol. The topological polar surface area (TPSA) is 12.0 Å². The largest absolute Gasteiger partial charge is 0.381 e. The first-order valence-electron chi connectivity index (χ1n) is 8.13. The van der Waals surface area contributed by atoms with Crippen molar-refractivity contribution < 1.29 is 0 Å². The summed E-state index contributed by atoms with van der Waals surface area (Å²) in [7, 11) is 0. The fraction of sp³-hybridized carbons (Fsp3) is 0.667. The summed E-state index contributed by atoms with van der Waals surface area (Å²) < 4.78 is 1.24. The van der Waals surface area contributed by atoms with E-state index in [1.54, 1.807) is 0 Å². The molecule has 4 aliphatic carbocycles.